The largest absolute Gasteiger partial charge is 0.422 e. The van der Waals surface area contributed by atoms with E-state index in [1.165, 1.54) is 4.90 Å². The molecule has 1 aromatic carbocycles. The first-order valence-corrected chi connectivity index (χ1v) is 6.15. The summed E-state index contributed by atoms with van der Waals surface area (Å²) < 4.78 is 5.13. The molecule has 1 aromatic heterocycles. The lowest BCUT2D eigenvalue weighted by molar-refractivity contribution is 0.0761. The smallest absolute Gasteiger partial charge is 0.349 e. The van der Waals surface area contributed by atoms with E-state index in [0.717, 1.165) is 0 Å². The van der Waals surface area contributed by atoms with Gasteiger partial charge in [0.05, 0.1) is 6.10 Å². The van der Waals surface area contributed by atoms with Gasteiger partial charge in [-0.1, -0.05) is 18.2 Å². The molecule has 0 radical (unpaired) electrons. The van der Waals surface area contributed by atoms with Crippen molar-refractivity contribution in [2.75, 3.05) is 13.1 Å². The molecule has 1 saturated heterocycles. The molecule has 1 atom stereocenters. The minimum absolute atomic E-state index is 0.0211. The third-order valence-electron chi connectivity index (χ3n) is 3.32. The van der Waals surface area contributed by atoms with Gasteiger partial charge in [0, 0.05) is 18.5 Å². The van der Waals surface area contributed by atoms with E-state index in [9.17, 15) is 14.7 Å². The molecule has 1 aliphatic rings. The fourth-order valence-corrected chi connectivity index (χ4v) is 2.31. The van der Waals surface area contributed by atoms with Gasteiger partial charge < -0.3 is 14.4 Å². The van der Waals surface area contributed by atoms with Crippen LogP contribution in [0, 0.1) is 0 Å². The van der Waals surface area contributed by atoms with E-state index in [1.54, 1.807) is 24.3 Å². The second-order valence-electron chi connectivity index (χ2n) is 4.68. The van der Waals surface area contributed by atoms with Gasteiger partial charge in [0.2, 0.25) is 0 Å². The molecule has 98 valence electrons. The molecule has 1 aliphatic heterocycles. The lowest BCUT2D eigenvalue weighted by Gasteiger charge is -2.14. The Morgan fingerprint density at radius 2 is 2.16 bits per heavy atom. The topological polar surface area (TPSA) is 70.8 Å². The normalized spacial score (nSPS) is 19.0. The Bertz CT molecular complexity index is 691. The number of hydrogen-bond acceptors (Lipinski definition) is 4. The quantitative estimate of drug-likeness (QED) is 0.776. The summed E-state index contributed by atoms with van der Waals surface area (Å²) in [6.07, 6.45) is 0.0430. The van der Waals surface area contributed by atoms with Gasteiger partial charge in [-0.15, -0.1) is 0 Å². The molecule has 3 rings (SSSR count). The number of amides is 1. The number of hydrogen-bond donors (Lipinski definition) is 1. The molecule has 0 spiro atoms. The first-order valence-electron chi connectivity index (χ1n) is 6.15. The van der Waals surface area contributed by atoms with E-state index in [4.69, 9.17) is 4.42 Å². The van der Waals surface area contributed by atoms with Gasteiger partial charge in [0.25, 0.3) is 5.91 Å². The van der Waals surface area contributed by atoms with E-state index < -0.39 is 11.7 Å². The highest BCUT2D eigenvalue weighted by atomic mass is 16.4. The summed E-state index contributed by atoms with van der Waals surface area (Å²) in [6, 6.07) is 8.60. The molecule has 0 unspecified atom stereocenters. The van der Waals surface area contributed by atoms with Crippen molar-refractivity contribution in [3.8, 4) is 0 Å². The number of β-amino-alcohol motifs (C(OH)–C–C–N with tert-alkyl or cyclic N) is 1. The summed E-state index contributed by atoms with van der Waals surface area (Å²) in [5, 5.41) is 10.2. The lowest BCUT2D eigenvalue weighted by atomic mass is 10.1. The molecule has 2 heterocycles. The Labute approximate surface area is 109 Å². The molecule has 5 nitrogen and oxygen atoms in total. The van der Waals surface area contributed by atoms with Crippen LogP contribution in [0.4, 0.5) is 0 Å². The molecule has 0 aliphatic carbocycles. The van der Waals surface area contributed by atoms with Crippen LogP contribution < -0.4 is 5.63 Å². The van der Waals surface area contributed by atoms with Crippen molar-refractivity contribution in [3.05, 3.63) is 46.3 Å². The summed E-state index contributed by atoms with van der Waals surface area (Å²) in [7, 11) is 0. The van der Waals surface area contributed by atoms with Gasteiger partial charge in [-0.05, 0) is 18.6 Å². The maximum Gasteiger partial charge on any atom is 0.349 e. The number of nitrogens with zero attached hydrogens (tertiary/aromatic N) is 1. The molecule has 2 aromatic rings. The predicted molar refractivity (Wildman–Crippen MR) is 69.0 cm³/mol. The van der Waals surface area contributed by atoms with Gasteiger partial charge in [0.15, 0.2) is 0 Å². The average molecular weight is 259 g/mol. The summed E-state index contributed by atoms with van der Waals surface area (Å²) in [5.74, 6) is -0.379. The maximum absolute atomic E-state index is 12.2. The van der Waals surface area contributed by atoms with Crippen LogP contribution in [0.25, 0.3) is 11.0 Å². The highest BCUT2D eigenvalue weighted by molar-refractivity contribution is 5.96. The molecule has 0 bridgehead atoms. The van der Waals surface area contributed by atoms with Crippen molar-refractivity contribution in [1.29, 1.82) is 0 Å². The zero-order valence-electron chi connectivity index (χ0n) is 10.2. The van der Waals surface area contributed by atoms with Crippen LogP contribution in [0.3, 0.4) is 0 Å². The van der Waals surface area contributed by atoms with Gasteiger partial charge in [-0.25, -0.2) is 4.79 Å². The van der Waals surface area contributed by atoms with Crippen LogP contribution in [0.1, 0.15) is 16.8 Å². The molecule has 19 heavy (non-hydrogen) atoms. The second kappa shape index (κ2) is 4.51. The maximum atomic E-state index is 12.2. The summed E-state index contributed by atoms with van der Waals surface area (Å²) in [6.45, 7) is 0.733. The number of likely N-dealkylation sites (tertiary alicyclic amines) is 1. The van der Waals surface area contributed by atoms with Crippen LogP contribution in [0.15, 0.2) is 39.5 Å². The molecule has 1 amide bonds. The SMILES string of the molecule is O=C(c1cc2ccccc2oc1=O)N1CC[C@H](O)C1. The molecule has 1 fully saturated rings. The molecule has 1 N–H and O–H groups in total. The monoisotopic (exact) mass is 259 g/mol. The highest BCUT2D eigenvalue weighted by Gasteiger charge is 2.27. The van der Waals surface area contributed by atoms with Crippen molar-refractivity contribution in [3.63, 3.8) is 0 Å². The zero-order chi connectivity index (χ0) is 13.4. The predicted octanol–water partition coefficient (Wildman–Crippen LogP) is 1.000. The van der Waals surface area contributed by atoms with Crippen LogP contribution in [-0.4, -0.2) is 35.1 Å². The second-order valence-corrected chi connectivity index (χ2v) is 4.68. The van der Waals surface area contributed by atoms with Gasteiger partial charge in [-0.2, -0.15) is 0 Å². The molecule has 5 heteroatoms. The van der Waals surface area contributed by atoms with Crippen molar-refractivity contribution < 1.29 is 14.3 Å². The number of aliphatic hydroxyl groups is 1. The van der Waals surface area contributed by atoms with Crippen molar-refractivity contribution in [1.82, 2.24) is 4.90 Å². The number of carbonyl (C=O) groups is 1. The minimum Gasteiger partial charge on any atom is -0.422 e. The third kappa shape index (κ3) is 2.13. The summed E-state index contributed by atoms with van der Waals surface area (Å²) in [5.41, 5.74) is -0.150. The Morgan fingerprint density at radius 1 is 1.37 bits per heavy atom. The van der Waals surface area contributed by atoms with Crippen LogP contribution in [-0.2, 0) is 0 Å². The number of rotatable bonds is 1. The van der Waals surface area contributed by atoms with Gasteiger partial charge in [-0.3, -0.25) is 4.79 Å². The molecular weight excluding hydrogens is 246 g/mol. The van der Waals surface area contributed by atoms with Crippen LogP contribution >= 0.6 is 0 Å². The van der Waals surface area contributed by atoms with Crippen molar-refractivity contribution >= 4 is 16.9 Å². The number of carbonyl (C=O) groups excluding carboxylic acids is 1. The van der Waals surface area contributed by atoms with Gasteiger partial charge >= 0.3 is 5.63 Å². The highest BCUT2D eigenvalue weighted by Crippen LogP contribution is 2.16. The summed E-state index contributed by atoms with van der Waals surface area (Å²) in [4.78, 5) is 25.5. The lowest BCUT2D eigenvalue weighted by Crippen LogP contribution is -2.32. The van der Waals surface area contributed by atoms with E-state index >= 15 is 0 Å². The van der Waals surface area contributed by atoms with Crippen molar-refractivity contribution in [2.24, 2.45) is 0 Å². The third-order valence-corrected chi connectivity index (χ3v) is 3.32. The van der Waals surface area contributed by atoms with E-state index in [1.807, 2.05) is 6.07 Å². The Morgan fingerprint density at radius 3 is 2.89 bits per heavy atom. The summed E-state index contributed by atoms with van der Waals surface area (Å²) >= 11 is 0. The number of aliphatic hydroxyl groups excluding tert-OH is 1. The first-order chi connectivity index (χ1) is 9.15. The molecular formula is C14H13NO4. The fourth-order valence-electron chi connectivity index (χ4n) is 2.31. The standard InChI is InChI=1S/C14H13NO4/c16-10-5-6-15(8-10)13(17)11-7-9-3-1-2-4-12(9)19-14(11)18/h1-4,7,10,16H,5-6,8H2/t10-/m0/s1. The average Bonchev–Trinajstić information content (AvgIpc) is 2.84. The van der Waals surface area contributed by atoms with Crippen LogP contribution in [0.2, 0.25) is 0 Å². The van der Waals surface area contributed by atoms with Crippen LogP contribution in [0.5, 0.6) is 0 Å². The van der Waals surface area contributed by atoms with E-state index in [-0.39, 0.29) is 18.0 Å². The Balaban J connectivity index is 2.02. The Hall–Kier alpha value is -2.14. The number of para-hydroxylation sites is 1. The zero-order valence-corrected chi connectivity index (χ0v) is 10.2. The van der Waals surface area contributed by atoms with Gasteiger partial charge in [0.1, 0.15) is 11.1 Å². The fraction of sp³-hybridized carbons (Fsp3) is 0.286. The van der Waals surface area contributed by atoms with Crippen molar-refractivity contribution in [2.45, 2.75) is 12.5 Å². The molecule has 0 saturated carbocycles. The number of benzene rings is 1. The minimum atomic E-state index is -0.634. The van der Waals surface area contributed by atoms with E-state index in [0.29, 0.717) is 23.9 Å². The number of fused-ring (bicyclic) bond motifs is 1. The first kappa shape index (κ1) is 11.9. The Kier molecular flexibility index (Phi) is 2.83. The van der Waals surface area contributed by atoms with E-state index in [2.05, 4.69) is 0 Å².